The van der Waals surface area contributed by atoms with Gasteiger partial charge in [0.25, 0.3) is 11.9 Å². The number of methoxy groups -OCH3 is 1. The van der Waals surface area contributed by atoms with Crippen molar-refractivity contribution in [3.8, 4) is 16.9 Å². The molecule has 3 aliphatic rings. The SMILES string of the molecule is COCCOc1ccc(C(N)=O)c(-c2cc(C(CN)c3ccccc3)ccc2Cl)c1F.C[N-]OC(=O)CCNc1cc(C(=O)N2CCC(CC3CCN(C(=O)C4CCCCC4)CC3)CC2)ccc1Cl.[Y]. The van der Waals surface area contributed by atoms with Gasteiger partial charge in [-0.15, -0.1) is 7.05 Å². The van der Waals surface area contributed by atoms with E-state index in [0.717, 1.165) is 75.8 Å². The number of rotatable bonds is 18. The first kappa shape index (κ1) is 56.8. The minimum Gasteiger partial charge on any atom is -0.561 e. The van der Waals surface area contributed by atoms with Gasteiger partial charge in [-0.05, 0) is 110 Å². The second-order valence-electron chi connectivity index (χ2n) is 18.0. The molecule has 0 bridgehead atoms. The minimum absolute atomic E-state index is 0. The molecule has 1 aliphatic carbocycles. The van der Waals surface area contributed by atoms with E-state index < -0.39 is 17.7 Å². The third kappa shape index (κ3) is 15.7. The van der Waals surface area contributed by atoms with Gasteiger partial charge in [0.05, 0.1) is 29.3 Å². The van der Waals surface area contributed by atoms with Crippen LogP contribution in [-0.4, -0.2) is 100 Å². The third-order valence-electron chi connectivity index (χ3n) is 13.5. The molecule has 17 heteroatoms. The Morgan fingerprint density at radius 3 is 2.10 bits per heavy atom. The Hall–Kier alpha value is -4.15. The molecule has 3 amide bonds. The van der Waals surface area contributed by atoms with Gasteiger partial charge in [-0.1, -0.05) is 78.9 Å². The van der Waals surface area contributed by atoms with E-state index in [9.17, 15) is 19.2 Å². The Kier molecular flexibility index (Phi) is 23.3. The molecule has 5 N–H and O–H groups in total. The summed E-state index contributed by atoms with van der Waals surface area (Å²) in [5, 5.41) is 3.89. The molecular weight excluding hydrogens is 1010 g/mol. The number of likely N-dealkylation sites (tertiary alicyclic amines) is 2. The van der Waals surface area contributed by atoms with E-state index in [2.05, 4.69) is 20.5 Å². The monoisotopic (exact) mass is 1080 g/mol. The maximum absolute atomic E-state index is 15.5. The maximum atomic E-state index is 15.5. The van der Waals surface area contributed by atoms with Crippen molar-refractivity contribution in [2.75, 3.05) is 72.0 Å². The number of halogens is 3. The van der Waals surface area contributed by atoms with Crippen molar-refractivity contribution in [3.63, 3.8) is 0 Å². The van der Waals surface area contributed by atoms with Crippen molar-refractivity contribution >= 4 is 52.6 Å². The van der Waals surface area contributed by atoms with E-state index in [0.29, 0.717) is 52.7 Å². The summed E-state index contributed by atoms with van der Waals surface area (Å²) in [7, 11) is 2.93. The van der Waals surface area contributed by atoms with E-state index in [1.165, 1.54) is 52.0 Å². The van der Waals surface area contributed by atoms with Crippen LogP contribution in [0.25, 0.3) is 16.6 Å². The van der Waals surface area contributed by atoms with Crippen molar-refractivity contribution in [1.82, 2.24) is 9.80 Å². The van der Waals surface area contributed by atoms with Crippen LogP contribution < -0.4 is 21.5 Å². The number of carbonyl (C=O) groups is 4. The Labute approximate surface area is 447 Å². The average molecular weight is 1080 g/mol. The zero-order valence-corrected chi connectivity index (χ0v) is 44.7. The number of primary amides is 1. The number of nitrogens with one attached hydrogen (secondary N) is 1. The molecule has 70 heavy (non-hydrogen) atoms. The second-order valence-corrected chi connectivity index (χ2v) is 18.9. The molecule has 0 spiro atoms. The molecule has 1 saturated carbocycles. The van der Waals surface area contributed by atoms with Crippen LogP contribution in [0.2, 0.25) is 10.0 Å². The summed E-state index contributed by atoms with van der Waals surface area (Å²) in [5.74, 6) is -0.0247. The summed E-state index contributed by atoms with van der Waals surface area (Å²) in [6, 6.07) is 23.0. The first-order chi connectivity index (χ1) is 33.4. The van der Waals surface area contributed by atoms with Crippen LogP contribution in [0.15, 0.2) is 78.9 Å². The molecule has 1 radical (unpaired) electrons. The summed E-state index contributed by atoms with van der Waals surface area (Å²) in [5.41, 5.74) is 18.4. The Morgan fingerprint density at radius 2 is 1.47 bits per heavy atom. The zero-order chi connectivity index (χ0) is 49.3. The van der Waals surface area contributed by atoms with Gasteiger partial charge < -0.3 is 46.4 Å². The van der Waals surface area contributed by atoms with Crippen LogP contribution >= 0.6 is 23.2 Å². The quantitative estimate of drug-likeness (QED) is 0.0646. The van der Waals surface area contributed by atoms with Gasteiger partial charge in [0.1, 0.15) is 6.61 Å². The van der Waals surface area contributed by atoms with E-state index in [-0.39, 0.29) is 92.0 Å². The number of amides is 3. The van der Waals surface area contributed by atoms with Crippen LogP contribution in [0.3, 0.4) is 0 Å². The molecule has 2 saturated heterocycles. The molecular formula is C53H66Cl2FN6O7Y-. The fourth-order valence-electron chi connectivity index (χ4n) is 9.74. The normalized spacial score (nSPS) is 16.0. The number of nitrogens with two attached hydrogens (primary N) is 2. The van der Waals surface area contributed by atoms with Gasteiger partial charge in [-0.2, -0.15) is 0 Å². The molecule has 2 heterocycles. The first-order valence-electron chi connectivity index (χ1n) is 24.1. The van der Waals surface area contributed by atoms with Gasteiger partial charge in [0.15, 0.2) is 11.6 Å². The molecule has 375 valence electrons. The largest absolute Gasteiger partial charge is 0.561 e. The zero-order valence-electron chi connectivity index (χ0n) is 40.3. The Balaban J connectivity index is 0.000000262. The summed E-state index contributed by atoms with van der Waals surface area (Å²) >= 11 is 12.7. The van der Waals surface area contributed by atoms with Crippen LogP contribution in [0.4, 0.5) is 10.1 Å². The van der Waals surface area contributed by atoms with E-state index in [1.54, 1.807) is 30.3 Å². The van der Waals surface area contributed by atoms with Crippen LogP contribution in [-0.2, 0) is 51.9 Å². The number of hydrogen-bond donors (Lipinski definition) is 3. The second kappa shape index (κ2) is 28.8. The predicted octanol–water partition coefficient (Wildman–Crippen LogP) is 10.0. The van der Waals surface area contributed by atoms with Crippen molar-refractivity contribution < 1.29 is 70.6 Å². The van der Waals surface area contributed by atoms with Crippen molar-refractivity contribution in [2.24, 2.45) is 29.2 Å². The molecule has 1 atom stereocenters. The Bertz CT molecular complexity index is 2340. The molecule has 4 aromatic rings. The van der Waals surface area contributed by atoms with Crippen LogP contribution in [0, 0.1) is 23.6 Å². The van der Waals surface area contributed by atoms with Gasteiger partial charge in [0.2, 0.25) is 11.8 Å². The molecule has 1 unspecified atom stereocenters. The molecule has 4 aromatic carbocycles. The third-order valence-corrected chi connectivity index (χ3v) is 14.2. The number of ether oxygens (including phenoxy) is 2. The smallest absolute Gasteiger partial charge is 0.292 e. The van der Waals surface area contributed by atoms with E-state index >= 15 is 4.39 Å². The number of benzene rings is 4. The number of carbonyl (C=O) groups excluding carboxylic acids is 4. The van der Waals surface area contributed by atoms with Gasteiger partial charge in [0, 0.05) is 113 Å². The maximum Gasteiger partial charge on any atom is 0.292 e. The summed E-state index contributed by atoms with van der Waals surface area (Å²) in [4.78, 5) is 58.3. The van der Waals surface area contributed by atoms with Crippen LogP contribution in [0.1, 0.15) is 108 Å². The summed E-state index contributed by atoms with van der Waals surface area (Å²) < 4.78 is 25.9. The van der Waals surface area contributed by atoms with Gasteiger partial charge >= 0.3 is 0 Å². The summed E-state index contributed by atoms with van der Waals surface area (Å²) in [6.45, 7) is 4.48. The van der Waals surface area contributed by atoms with Crippen molar-refractivity contribution in [3.05, 3.63) is 122 Å². The number of anilines is 1. The van der Waals surface area contributed by atoms with E-state index in [1.807, 2.05) is 41.3 Å². The summed E-state index contributed by atoms with van der Waals surface area (Å²) in [6.07, 6.45) is 11.5. The molecule has 2 aliphatic heterocycles. The topological polar surface area (TPSA) is 181 Å². The van der Waals surface area contributed by atoms with E-state index in [4.69, 9.17) is 44.1 Å². The van der Waals surface area contributed by atoms with Gasteiger partial charge in [-0.25, -0.2) is 4.39 Å². The molecule has 7 rings (SSSR count). The number of piperidine rings is 2. The number of hydroxylamine groups is 1. The molecule has 13 nitrogen and oxygen atoms in total. The predicted molar refractivity (Wildman–Crippen MR) is 269 cm³/mol. The van der Waals surface area contributed by atoms with Crippen molar-refractivity contribution in [1.29, 1.82) is 0 Å². The average Bonchev–Trinajstić information content (AvgIpc) is 3.36. The Morgan fingerprint density at radius 1 is 0.814 bits per heavy atom. The minimum atomic E-state index is -0.766. The van der Waals surface area contributed by atoms with Crippen LogP contribution in [0.5, 0.6) is 5.75 Å². The first-order valence-corrected chi connectivity index (χ1v) is 24.9. The van der Waals surface area contributed by atoms with Crippen molar-refractivity contribution in [2.45, 2.75) is 76.5 Å². The molecule has 3 fully saturated rings. The number of hydrogen-bond acceptors (Lipinski definition) is 9. The number of nitrogens with zero attached hydrogens (tertiary/aromatic N) is 3. The molecule has 0 aromatic heterocycles. The standard InChI is InChI=1S/C29H42ClN4O4.C24H24ClFN2O3.Y/c1-31-38-27(35)9-14-32-26-20-24(7-8-25(26)30)29(37)34-17-12-22(13-18-34)19-21-10-15-33(16-11-21)28(36)23-5-3-2-4-6-23;1-30-11-12-31-21-10-8-17(24(28)29)22(23(21)26)18-13-16(7-9-20(18)25)19(14-27)15-5-3-2-4-6-15;/h7-8,20-23,32H,2-6,9-19H2,1H3;2-10,13,19H,11-12,14,27H2,1H3,(H2,28,29);/q-1;;. The fourth-order valence-corrected chi connectivity index (χ4v) is 10.1. The van der Waals surface area contributed by atoms with Gasteiger partial charge in [-0.3, -0.25) is 19.2 Å². The fraction of sp³-hybridized carbons (Fsp3) is 0.472.